The molecule has 0 fully saturated rings. The summed E-state index contributed by atoms with van der Waals surface area (Å²) in [6.07, 6.45) is 8.71. The zero-order valence-corrected chi connectivity index (χ0v) is 12.7. The third kappa shape index (κ3) is 2.67. The molecule has 1 aromatic rings. The number of fused-ring (bicyclic) bond motifs is 1. The maximum absolute atomic E-state index is 12.2. The number of allylic oxidation sites excluding steroid dienone is 2. The van der Waals surface area contributed by atoms with E-state index >= 15 is 0 Å². The van der Waals surface area contributed by atoms with Crippen molar-refractivity contribution in [2.45, 2.75) is 23.9 Å². The van der Waals surface area contributed by atoms with Crippen LogP contribution in [-0.2, 0) is 10.0 Å². The van der Waals surface area contributed by atoms with E-state index in [2.05, 4.69) is 9.71 Å². The summed E-state index contributed by atoms with van der Waals surface area (Å²) >= 11 is 0. The van der Waals surface area contributed by atoms with E-state index in [1.165, 1.54) is 23.4 Å². The van der Waals surface area contributed by atoms with Crippen LogP contribution in [0.2, 0.25) is 0 Å². The van der Waals surface area contributed by atoms with Crippen molar-refractivity contribution >= 4 is 22.4 Å². The van der Waals surface area contributed by atoms with Gasteiger partial charge in [0.15, 0.2) is 0 Å². The molecule has 0 spiro atoms. The highest BCUT2D eigenvalue weighted by Gasteiger charge is 2.34. The van der Waals surface area contributed by atoms with Gasteiger partial charge >= 0.3 is 6.03 Å². The van der Waals surface area contributed by atoms with Gasteiger partial charge in [0.1, 0.15) is 0 Å². The number of aliphatic imine (C=N–C) groups is 1. The third-order valence-corrected chi connectivity index (χ3v) is 4.89. The molecule has 2 amide bonds. The minimum atomic E-state index is -3.90. The Morgan fingerprint density at radius 3 is 2.59 bits per heavy atom. The van der Waals surface area contributed by atoms with Crippen LogP contribution < -0.4 is 4.72 Å². The summed E-state index contributed by atoms with van der Waals surface area (Å²) in [5, 5.41) is 0. The Balaban J connectivity index is 1.77. The van der Waals surface area contributed by atoms with E-state index in [1.54, 1.807) is 12.1 Å². The molecule has 0 saturated heterocycles. The molecule has 0 aromatic heterocycles. The monoisotopic (exact) mass is 317 g/mol. The standard InChI is InChI=1S/C15H15N3O3S/c1-11-6-8-12(9-7-11)22(20,21)17-15(19)18-10-16-13-4-2-3-5-14(13)18/h2-10,13-14H,1H3,(H,17,19). The highest BCUT2D eigenvalue weighted by molar-refractivity contribution is 7.90. The van der Waals surface area contributed by atoms with Crippen LogP contribution in [0, 0.1) is 6.92 Å². The maximum atomic E-state index is 12.2. The lowest BCUT2D eigenvalue weighted by molar-refractivity contribution is 0.223. The zero-order chi connectivity index (χ0) is 15.7. The van der Waals surface area contributed by atoms with Crippen LogP contribution in [0.3, 0.4) is 0 Å². The number of nitrogens with one attached hydrogen (secondary N) is 1. The lowest BCUT2D eigenvalue weighted by atomic mass is 10.0. The van der Waals surface area contributed by atoms with Crippen molar-refractivity contribution in [3.8, 4) is 0 Å². The quantitative estimate of drug-likeness (QED) is 0.900. The van der Waals surface area contributed by atoms with Crippen molar-refractivity contribution in [2.24, 2.45) is 4.99 Å². The molecule has 2 atom stereocenters. The van der Waals surface area contributed by atoms with E-state index in [-0.39, 0.29) is 17.0 Å². The van der Waals surface area contributed by atoms with Gasteiger partial charge in [-0.15, -0.1) is 0 Å². The van der Waals surface area contributed by atoms with E-state index in [9.17, 15) is 13.2 Å². The summed E-state index contributed by atoms with van der Waals surface area (Å²) in [6.45, 7) is 1.86. The molecule has 22 heavy (non-hydrogen) atoms. The number of nitrogens with zero attached hydrogens (tertiary/aromatic N) is 2. The highest BCUT2D eigenvalue weighted by Crippen LogP contribution is 2.20. The van der Waals surface area contributed by atoms with Crippen LogP contribution in [0.5, 0.6) is 0 Å². The first-order valence-corrected chi connectivity index (χ1v) is 8.26. The number of rotatable bonds is 2. The van der Waals surface area contributed by atoms with Gasteiger partial charge in [0, 0.05) is 0 Å². The predicted octanol–water partition coefficient (Wildman–Crippen LogP) is 1.60. The van der Waals surface area contributed by atoms with Crippen molar-refractivity contribution in [3.05, 3.63) is 54.1 Å². The number of carbonyl (C=O) groups excluding carboxylic acids is 1. The number of hydrogen-bond donors (Lipinski definition) is 1. The van der Waals surface area contributed by atoms with E-state index in [0.29, 0.717) is 0 Å². The number of benzene rings is 1. The second-order valence-corrected chi connectivity index (χ2v) is 6.83. The number of aryl methyl sites for hydroxylation is 1. The fourth-order valence-electron chi connectivity index (χ4n) is 2.34. The van der Waals surface area contributed by atoms with Gasteiger partial charge in [-0.1, -0.05) is 42.0 Å². The second-order valence-electron chi connectivity index (χ2n) is 5.15. The van der Waals surface area contributed by atoms with Crippen LogP contribution in [0.4, 0.5) is 4.79 Å². The van der Waals surface area contributed by atoms with Gasteiger partial charge in [0.05, 0.1) is 23.3 Å². The Labute approximate surface area is 128 Å². The Morgan fingerprint density at radius 1 is 1.18 bits per heavy atom. The van der Waals surface area contributed by atoms with Gasteiger partial charge in [-0.3, -0.25) is 9.89 Å². The van der Waals surface area contributed by atoms with Crippen LogP contribution in [0.25, 0.3) is 0 Å². The molecule has 2 unspecified atom stereocenters. The molecule has 6 nitrogen and oxygen atoms in total. The Hall–Kier alpha value is -2.41. The van der Waals surface area contributed by atoms with E-state index in [0.717, 1.165) is 5.56 Å². The van der Waals surface area contributed by atoms with Gasteiger partial charge in [-0.25, -0.2) is 17.9 Å². The molecule has 0 saturated carbocycles. The van der Waals surface area contributed by atoms with Crippen LogP contribution in [-0.4, -0.2) is 37.8 Å². The maximum Gasteiger partial charge on any atom is 0.337 e. The Bertz CT molecular complexity index is 779. The molecule has 0 radical (unpaired) electrons. The Morgan fingerprint density at radius 2 is 1.86 bits per heavy atom. The van der Waals surface area contributed by atoms with Crippen molar-refractivity contribution < 1.29 is 13.2 Å². The average molecular weight is 317 g/mol. The fraction of sp³-hybridized carbons (Fsp3) is 0.200. The summed E-state index contributed by atoms with van der Waals surface area (Å²) in [5.74, 6) is 0. The number of urea groups is 1. The average Bonchev–Trinajstić information content (AvgIpc) is 2.91. The topological polar surface area (TPSA) is 78.8 Å². The number of hydrogen-bond acceptors (Lipinski definition) is 4. The van der Waals surface area contributed by atoms with Crippen molar-refractivity contribution in [1.29, 1.82) is 0 Å². The lowest BCUT2D eigenvalue weighted by Gasteiger charge is -2.23. The normalized spacial score (nSPS) is 22.7. The largest absolute Gasteiger partial charge is 0.337 e. The van der Waals surface area contributed by atoms with Crippen molar-refractivity contribution in [2.75, 3.05) is 0 Å². The molecule has 1 heterocycles. The highest BCUT2D eigenvalue weighted by atomic mass is 32.2. The molecule has 1 N–H and O–H groups in total. The van der Waals surface area contributed by atoms with Crippen LogP contribution >= 0.6 is 0 Å². The van der Waals surface area contributed by atoms with E-state index < -0.39 is 16.1 Å². The molecule has 2 aliphatic rings. The minimum absolute atomic E-state index is 0.0539. The van der Waals surface area contributed by atoms with Gasteiger partial charge in [-0.05, 0) is 19.1 Å². The minimum Gasteiger partial charge on any atom is -0.275 e. The molecular weight excluding hydrogens is 302 g/mol. The molecular formula is C15H15N3O3S. The van der Waals surface area contributed by atoms with Gasteiger partial charge in [0.25, 0.3) is 10.0 Å². The molecule has 114 valence electrons. The van der Waals surface area contributed by atoms with E-state index in [4.69, 9.17) is 0 Å². The summed E-state index contributed by atoms with van der Waals surface area (Å²) < 4.78 is 26.5. The lowest BCUT2D eigenvalue weighted by Crippen LogP contribution is -2.46. The van der Waals surface area contributed by atoms with Crippen LogP contribution in [0.1, 0.15) is 5.56 Å². The summed E-state index contributed by atoms with van der Waals surface area (Å²) in [5.41, 5.74) is 0.943. The fourth-order valence-corrected chi connectivity index (χ4v) is 3.28. The molecule has 0 bridgehead atoms. The van der Waals surface area contributed by atoms with E-state index in [1.807, 2.05) is 31.2 Å². The van der Waals surface area contributed by atoms with Crippen molar-refractivity contribution in [3.63, 3.8) is 0 Å². The Kier molecular flexibility index (Phi) is 3.58. The molecule has 1 aliphatic carbocycles. The van der Waals surface area contributed by atoms with Crippen molar-refractivity contribution in [1.82, 2.24) is 9.62 Å². The summed E-state index contributed by atoms with van der Waals surface area (Å²) in [6, 6.07) is 5.15. The predicted molar refractivity (Wildman–Crippen MR) is 83.1 cm³/mol. The number of sulfonamides is 1. The first-order valence-electron chi connectivity index (χ1n) is 6.77. The van der Waals surface area contributed by atoms with Crippen LogP contribution in [0.15, 0.2) is 58.5 Å². The smallest absolute Gasteiger partial charge is 0.275 e. The molecule has 1 aliphatic heterocycles. The summed E-state index contributed by atoms with van der Waals surface area (Å²) in [4.78, 5) is 17.8. The van der Waals surface area contributed by atoms with Gasteiger partial charge < -0.3 is 0 Å². The first kappa shape index (κ1) is 14.5. The SMILES string of the molecule is Cc1ccc(S(=O)(=O)NC(=O)N2C=NC3C=CC=CC32)cc1. The second kappa shape index (κ2) is 5.42. The molecule has 1 aromatic carbocycles. The molecule has 7 heteroatoms. The zero-order valence-electron chi connectivity index (χ0n) is 11.9. The molecule has 3 rings (SSSR count). The third-order valence-electron chi connectivity index (χ3n) is 3.55. The summed E-state index contributed by atoms with van der Waals surface area (Å²) in [7, 11) is -3.90. The van der Waals surface area contributed by atoms with Gasteiger partial charge in [0.2, 0.25) is 0 Å². The number of amides is 2. The first-order chi connectivity index (χ1) is 10.5. The number of carbonyl (C=O) groups is 1. The van der Waals surface area contributed by atoms with Gasteiger partial charge in [-0.2, -0.15) is 0 Å².